The Kier molecular flexibility index (Phi) is 6.48. The number of carbonyl (C=O) groups is 1. The number of hydrogen-bond donors (Lipinski definition) is 2. The number of aliphatic hydroxyl groups excluding tert-OH is 1. The summed E-state index contributed by atoms with van der Waals surface area (Å²) >= 11 is 3.37. The quantitative estimate of drug-likeness (QED) is 0.819. The van der Waals surface area contributed by atoms with Crippen LogP contribution in [0.3, 0.4) is 0 Å². The van der Waals surface area contributed by atoms with E-state index in [1.807, 2.05) is 27.7 Å². The van der Waals surface area contributed by atoms with Gasteiger partial charge in [0.2, 0.25) is 0 Å². The number of carbonyl (C=O) groups excluding carboxylic acids is 1. The first-order valence-corrected chi connectivity index (χ1v) is 7.56. The van der Waals surface area contributed by atoms with Gasteiger partial charge in [-0.2, -0.15) is 0 Å². The molecule has 0 saturated heterocycles. The standard InChI is InChI=1S/C15H22BrNO4/c1-5-20-12-7-10(8-18)6-11(16)14(12)21-9-13(19)17-15(2,3)4/h6-7,18H,5,8-9H2,1-4H3,(H,17,19). The monoisotopic (exact) mass is 359 g/mol. The highest BCUT2D eigenvalue weighted by atomic mass is 79.9. The van der Waals surface area contributed by atoms with Gasteiger partial charge in [0.25, 0.3) is 5.91 Å². The van der Waals surface area contributed by atoms with Crippen LogP contribution in [0.4, 0.5) is 0 Å². The highest BCUT2D eigenvalue weighted by molar-refractivity contribution is 9.10. The van der Waals surface area contributed by atoms with Crippen molar-refractivity contribution in [3.63, 3.8) is 0 Å². The fourth-order valence-electron chi connectivity index (χ4n) is 1.71. The van der Waals surface area contributed by atoms with Crippen LogP contribution in [0.2, 0.25) is 0 Å². The Bertz CT molecular complexity index is 497. The van der Waals surface area contributed by atoms with Gasteiger partial charge in [-0.05, 0) is 61.3 Å². The number of amides is 1. The largest absolute Gasteiger partial charge is 0.490 e. The molecule has 21 heavy (non-hydrogen) atoms. The third kappa shape index (κ3) is 5.93. The Hall–Kier alpha value is -1.27. The molecule has 0 atom stereocenters. The maximum Gasteiger partial charge on any atom is 0.258 e. The number of aliphatic hydroxyl groups is 1. The van der Waals surface area contributed by atoms with Crippen molar-refractivity contribution in [3.05, 3.63) is 22.2 Å². The Balaban J connectivity index is 2.84. The molecule has 0 aliphatic heterocycles. The van der Waals surface area contributed by atoms with E-state index in [1.54, 1.807) is 12.1 Å². The molecule has 0 aliphatic carbocycles. The minimum Gasteiger partial charge on any atom is -0.490 e. The summed E-state index contributed by atoms with van der Waals surface area (Å²) < 4.78 is 11.7. The molecular formula is C15H22BrNO4. The fraction of sp³-hybridized carbons (Fsp3) is 0.533. The van der Waals surface area contributed by atoms with E-state index in [-0.39, 0.29) is 24.7 Å². The van der Waals surface area contributed by atoms with E-state index in [0.29, 0.717) is 28.1 Å². The van der Waals surface area contributed by atoms with Crippen molar-refractivity contribution in [2.24, 2.45) is 0 Å². The fourth-order valence-corrected chi connectivity index (χ4v) is 2.31. The lowest BCUT2D eigenvalue weighted by molar-refractivity contribution is -0.124. The maximum absolute atomic E-state index is 11.8. The van der Waals surface area contributed by atoms with Gasteiger partial charge < -0.3 is 19.9 Å². The van der Waals surface area contributed by atoms with Gasteiger partial charge in [-0.25, -0.2) is 0 Å². The second-order valence-electron chi connectivity index (χ2n) is 5.58. The van der Waals surface area contributed by atoms with Gasteiger partial charge in [-0.15, -0.1) is 0 Å². The molecule has 118 valence electrons. The van der Waals surface area contributed by atoms with Crippen LogP contribution < -0.4 is 14.8 Å². The predicted molar refractivity (Wildman–Crippen MR) is 84.6 cm³/mol. The third-order valence-corrected chi connectivity index (χ3v) is 3.00. The second kappa shape index (κ2) is 7.66. The average molecular weight is 360 g/mol. The van der Waals surface area contributed by atoms with Crippen LogP contribution in [0.15, 0.2) is 16.6 Å². The first-order valence-electron chi connectivity index (χ1n) is 6.76. The molecule has 6 heteroatoms. The Labute approximate surface area is 133 Å². The van der Waals surface area contributed by atoms with Crippen LogP contribution in [0, 0.1) is 0 Å². The molecule has 2 N–H and O–H groups in total. The molecule has 0 unspecified atom stereocenters. The molecule has 1 aromatic rings. The molecule has 0 saturated carbocycles. The summed E-state index contributed by atoms with van der Waals surface area (Å²) in [5.74, 6) is 0.751. The van der Waals surface area contributed by atoms with Crippen molar-refractivity contribution < 1.29 is 19.4 Å². The van der Waals surface area contributed by atoms with Gasteiger partial charge in [0, 0.05) is 5.54 Å². The topological polar surface area (TPSA) is 67.8 Å². The smallest absolute Gasteiger partial charge is 0.258 e. The molecular weight excluding hydrogens is 338 g/mol. The van der Waals surface area contributed by atoms with Gasteiger partial charge >= 0.3 is 0 Å². The summed E-state index contributed by atoms with van der Waals surface area (Å²) in [6.07, 6.45) is 0. The molecule has 1 aromatic carbocycles. The third-order valence-electron chi connectivity index (χ3n) is 2.41. The number of hydrogen-bond acceptors (Lipinski definition) is 4. The number of halogens is 1. The molecule has 0 bridgehead atoms. The van der Waals surface area contributed by atoms with Crippen molar-refractivity contribution >= 4 is 21.8 Å². The molecule has 0 aromatic heterocycles. The Morgan fingerprint density at radius 2 is 2.00 bits per heavy atom. The lowest BCUT2D eigenvalue weighted by Gasteiger charge is -2.21. The normalized spacial score (nSPS) is 11.1. The molecule has 1 amide bonds. The van der Waals surface area contributed by atoms with Crippen molar-refractivity contribution in [2.75, 3.05) is 13.2 Å². The molecule has 0 fully saturated rings. The Morgan fingerprint density at radius 1 is 1.33 bits per heavy atom. The van der Waals surface area contributed by atoms with Crippen molar-refractivity contribution in [2.45, 2.75) is 39.8 Å². The van der Waals surface area contributed by atoms with Crippen molar-refractivity contribution in [1.82, 2.24) is 5.32 Å². The van der Waals surface area contributed by atoms with Crippen LogP contribution in [-0.4, -0.2) is 29.8 Å². The van der Waals surface area contributed by atoms with Crippen molar-refractivity contribution in [3.8, 4) is 11.5 Å². The van der Waals surface area contributed by atoms with E-state index >= 15 is 0 Å². The van der Waals surface area contributed by atoms with Crippen LogP contribution in [0.5, 0.6) is 11.5 Å². The van der Waals surface area contributed by atoms with E-state index < -0.39 is 0 Å². The van der Waals surface area contributed by atoms with Crippen molar-refractivity contribution in [1.29, 1.82) is 0 Å². The van der Waals surface area contributed by atoms with Gasteiger partial charge in [0.1, 0.15) is 0 Å². The van der Waals surface area contributed by atoms with E-state index in [1.165, 1.54) is 0 Å². The highest BCUT2D eigenvalue weighted by Gasteiger charge is 2.17. The molecule has 0 spiro atoms. The lowest BCUT2D eigenvalue weighted by Crippen LogP contribution is -2.43. The summed E-state index contributed by atoms with van der Waals surface area (Å²) in [7, 11) is 0. The number of benzene rings is 1. The first-order chi connectivity index (χ1) is 9.76. The zero-order chi connectivity index (χ0) is 16.0. The van der Waals surface area contributed by atoms with E-state index in [2.05, 4.69) is 21.2 Å². The average Bonchev–Trinajstić information content (AvgIpc) is 2.35. The first kappa shape index (κ1) is 17.8. The zero-order valence-electron chi connectivity index (χ0n) is 12.8. The lowest BCUT2D eigenvalue weighted by atomic mass is 10.1. The van der Waals surface area contributed by atoms with E-state index in [4.69, 9.17) is 9.47 Å². The Morgan fingerprint density at radius 3 is 2.52 bits per heavy atom. The minimum atomic E-state index is -0.304. The van der Waals surface area contributed by atoms with Crippen LogP contribution >= 0.6 is 15.9 Å². The SMILES string of the molecule is CCOc1cc(CO)cc(Br)c1OCC(=O)NC(C)(C)C. The summed E-state index contributed by atoms with van der Waals surface area (Å²) in [6, 6.07) is 3.44. The van der Waals surface area contributed by atoms with Gasteiger partial charge in [0.05, 0.1) is 17.7 Å². The van der Waals surface area contributed by atoms with Gasteiger partial charge in [-0.3, -0.25) is 4.79 Å². The molecule has 1 rings (SSSR count). The number of ether oxygens (including phenoxy) is 2. The number of nitrogens with one attached hydrogen (secondary N) is 1. The van der Waals surface area contributed by atoms with Gasteiger partial charge in [-0.1, -0.05) is 0 Å². The number of rotatable bonds is 6. The summed E-state index contributed by atoms with van der Waals surface area (Å²) in [5, 5.41) is 12.0. The molecule has 0 heterocycles. The molecule has 0 radical (unpaired) electrons. The summed E-state index contributed by atoms with van der Waals surface area (Å²) in [5.41, 5.74) is 0.401. The summed E-state index contributed by atoms with van der Waals surface area (Å²) in [4.78, 5) is 11.8. The summed E-state index contributed by atoms with van der Waals surface area (Å²) in [6.45, 7) is 7.84. The highest BCUT2D eigenvalue weighted by Crippen LogP contribution is 2.36. The van der Waals surface area contributed by atoms with Gasteiger partial charge in [0.15, 0.2) is 18.1 Å². The predicted octanol–water partition coefficient (Wildman–Crippen LogP) is 2.63. The molecule has 5 nitrogen and oxygen atoms in total. The van der Waals surface area contributed by atoms with Crippen LogP contribution in [0.1, 0.15) is 33.3 Å². The molecule has 0 aliphatic rings. The van der Waals surface area contributed by atoms with E-state index in [0.717, 1.165) is 0 Å². The van der Waals surface area contributed by atoms with Crippen LogP contribution in [-0.2, 0) is 11.4 Å². The second-order valence-corrected chi connectivity index (χ2v) is 6.44. The van der Waals surface area contributed by atoms with E-state index in [9.17, 15) is 9.90 Å². The maximum atomic E-state index is 11.8. The minimum absolute atomic E-state index is 0.0938. The zero-order valence-corrected chi connectivity index (χ0v) is 14.4. The van der Waals surface area contributed by atoms with Crippen LogP contribution in [0.25, 0.3) is 0 Å².